The average molecular weight is 401 g/mol. The zero-order valence-electron chi connectivity index (χ0n) is 16.2. The highest BCUT2D eigenvalue weighted by Crippen LogP contribution is 2.21. The van der Waals surface area contributed by atoms with E-state index in [-0.39, 0.29) is 11.6 Å². The molecule has 1 aromatic carbocycles. The number of piperazine rings is 1. The predicted molar refractivity (Wildman–Crippen MR) is 105 cm³/mol. The van der Waals surface area contributed by atoms with E-state index in [9.17, 15) is 17.6 Å². The van der Waals surface area contributed by atoms with Crippen LogP contribution in [-0.4, -0.2) is 82.7 Å². The first-order valence-electron chi connectivity index (χ1n) is 9.12. The van der Waals surface area contributed by atoms with Gasteiger partial charge in [-0.2, -0.15) is 0 Å². The van der Waals surface area contributed by atoms with E-state index in [0.29, 0.717) is 6.54 Å². The Labute approximate surface area is 161 Å². The molecule has 1 saturated heterocycles. The van der Waals surface area contributed by atoms with Crippen LogP contribution in [-0.2, 0) is 14.8 Å². The molecule has 1 aromatic rings. The van der Waals surface area contributed by atoms with Crippen molar-refractivity contribution in [3.63, 3.8) is 0 Å². The van der Waals surface area contributed by atoms with Crippen LogP contribution in [0.4, 0.5) is 10.1 Å². The van der Waals surface area contributed by atoms with Crippen molar-refractivity contribution in [2.75, 3.05) is 56.9 Å². The first-order valence-corrected chi connectivity index (χ1v) is 11.0. The second kappa shape index (κ2) is 9.48. The Bertz CT molecular complexity index is 719. The summed E-state index contributed by atoms with van der Waals surface area (Å²) in [6.45, 7) is 7.04. The van der Waals surface area contributed by atoms with Crippen molar-refractivity contribution >= 4 is 21.6 Å². The second-order valence-corrected chi connectivity index (χ2v) is 8.86. The molecular weight excluding hydrogens is 371 g/mol. The highest BCUT2D eigenvalue weighted by molar-refractivity contribution is 7.92. The number of sulfonamides is 1. The van der Waals surface area contributed by atoms with E-state index in [1.807, 2.05) is 0 Å². The molecule has 1 aliphatic rings. The van der Waals surface area contributed by atoms with Crippen molar-refractivity contribution in [3.05, 3.63) is 30.1 Å². The lowest BCUT2D eigenvalue weighted by molar-refractivity contribution is -0.121. The first-order chi connectivity index (χ1) is 12.7. The Hall–Kier alpha value is -1.71. The fourth-order valence-electron chi connectivity index (χ4n) is 3.13. The topological polar surface area (TPSA) is 73.0 Å². The summed E-state index contributed by atoms with van der Waals surface area (Å²) in [5.74, 6) is -0.837. The second-order valence-electron chi connectivity index (χ2n) is 7.00. The first kappa shape index (κ1) is 21.6. The van der Waals surface area contributed by atoms with Gasteiger partial charge in [0.05, 0.1) is 11.9 Å². The Morgan fingerprint density at radius 3 is 2.37 bits per heavy atom. The van der Waals surface area contributed by atoms with Crippen molar-refractivity contribution in [2.24, 2.45) is 0 Å². The molecule has 1 N–H and O–H groups in total. The largest absolute Gasteiger partial charge is 0.354 e. The molecule has 0 radical (unpaired) electrons. The summed E-state index contributed by atoms with van der Waals surface area (Å²) in [7, 11) is -1.59. The summed E-state index contributed by atoms with van der Waals surface area (Å²) in [6.07, 6.45) is 1.84. The number of benzene rings is 1. The van der Waals surface area contributed by atoms with Crippen molar-refractivity contribution in [3.8, 4) is 0 Å². The van der Waals surface area contributed by atoms with Gasteiger partial charge in [-0.3, -0.25) is 9.10 Å². The van der Waals surface area contributed by atoms with E-state index in [0.717, 1.165) is 49.7 Å². The molecule has 152 valence electrons. The lowest BCUT2D eigenvalue weighted by atomic mass is 10.2. The number of hydrogen-bond acceptors (Lipinski definition) is 5. The minimum Gasteiger partial charge on any atom is -0.354 e. The summed E-state index contributed by atoms with van der Waals surface area (Å²) < 4.78 is 38.5. The molecule has 1 atom stereocenters. The Kier molecular flexibility index (Phi) is 7.58. The van der Waals surface area contributed by atoms with Crippen LogP contribution >= 0.6 is 0 Å². The highest BCUT2D eigenvalue weighted by atomic mass is 32.2. The van der Waals surface area contributed by atoms with Crippen molar-refractivity contribution in [2.45, 2.75) is 19.4 Å². The van der Waals surface area contributed by atoms with Crippen molar-refractivity contribution < 1.29 is 17.6 Å². The number of amides is 1. The van der Waals surface area contributed by atoms with Gasteiger partial charge in [0.1, 0.15) is 11.9 Å². The summed E-state index contributed by atoms with van der Waals surface area (Å²) in [5.41, 5.74) is 0.263. The zero-order valence-corrected chi connectivity index (χ0v) is 17.0. The number of halogens is 1. The minimum atomic E-state index is -3.69. The molecule has 1 aliphatic heterocycles. The number of nitrogens with one attached hydrogen (secondary N) is 1. The third-order valence-electron chi connectivity index (χ3n) is 4.72. The van der Waals surface area contributed by atoms with Gasteiger partial charge in [0.25, 0.3) is 0 Å². The number of rotatable bonds is 8. The maximum atomic E-state index is 13.1. The summed E-state index contributed by atoms with van der Waals surface area (Å²) in [4.78, 5) is 17.1. The van der Waals surface area contributed by atoms with Gasteiger partial charge >= 0.3 is 0 Å². The minimum absolute atomic E-state index is 0.263. The van der Waals surface area contributed by atoms with Crippen molar-refractivity contribution in [1.29, 1.82) is 0 Å². The number of anilines is 1. The molecule has 1 amide bonds. The van der Waals surface area contributed by atoms with Crippen LogP contribution in [0, 0.1) is 5.82 Å². The summed E-state index contributed by atoms with van der Waals surface area (Å²) in [6, 6.07) is 4.14. The predicted octanol–water partition coefficient (Wildman–Crippen LogP) is 0.734. The third-order valence-corrected chi connectivity index (χ3v) is 5.96. The van der Waals surface area contributed by atoms with Gasteiger partial charge in [0.15, 0.2) is 0 Å². The van der Waals surface area contributed by atoms with E-state index >= 15 is 0 Å². The molecule has 1 heterocycles. The van der Waals surface area contributed by atoms with Gasteiger partial charge in [-0.25, -0.2) is 12.8 Å². The third kappa shape index (κ3) is 6.44. The molecule has 27 heavy (non-hydrogen) atoms. The number of nitrogens with zero attached hydrogens (tertiary/aromatic N) is 3. The van der Waals surface area contributed by atoms with E-state index in [2.05, 4.69) is 22.2 Å². The lowest BCUT2D eigenvalue weighted by Crippen LogP contribution is -2.48. The fourth-order valence-corrected chi connectivity index (χ4v) is 4.31. The molecule has 0 spiro atoms. The molecule has 7 nitrogen and oxygen atoms in total. The molecule has 0 aliphatic carbocycles. The molecule has 1 fully saturated rings. The van der Waals surface area contributed by atoms with E-state index in [1.165, 1.54) is 31.2 Å². The molecule has 0 aromatic heterocycles. The molecule has 0 saturated carbocycles. The number of likely N-dealkylation sites (N-methyl/N-ethyl adjacent to an activating group) is 1. The van der Waals surface area contributed by atoms with Gasteiger partial charge in [0, 0.05) is 32.7 Å². The van der Waals surface area contributed by atoms with Gasteiger partial charge < -0.3 is 15.1 Å². The quantitative estimate of drug-likeness (QED) is 0.652. The standard InChI is InChI=1S/C18H29FN4O3S/c1-15(23(27(3,25)26)17-7-5-16(19)6-8-17)18(24)20-9-4-10-22-13-11-21(2)12-14-22/h5-8,15H,4,9-14H2,1-3H3,(H,20,24)/t15-/m0/s1. The normalized spacial score (nSPS) is 17.5. The molecule has 0 bridgehead atoms. The fraction of sp³-hybridized carbons (Fsp3) is 0.611. The molecule has 9 heteroatoms. The van der Waals surface area contributed by atoms with Gasteiger partial charge in [0.2, 0.25) is 15.9 Å². The van der Waals surface area contributed by atoms with Gasteiger partial charge in [-0.1, -0.05) is 0 Å². The monoisotopic (exact) mass is 400 g/mol. The highest BCUT2D eigenvalue weighted by Gasteiger charge is 2.28. The van der Waals surface area contributed by atoms with Crippen LogP contribution < -0.4 is 9.62 Å². The number of carbonyl (C=O) groups is 1. The summed E-state index contributed by atoms with van der Waals surface area (Å²) >= 11 is 0. The Morgan fingerprint density at radius 1 is 1.22 bits per heavy atom. The Morgan fingerprint density at radius 2 is 1.81 bits per heavy atom. The van der Waals surface area contributed by atoms with E-state index in [1.54, 1.807) is 0 Å². The van der Waals surface area contributed by atoms with E-state index in [4.69, 9.17) is 0 Å². The number of carbonyl (C=O) groups excluding carboxylic acids is 1. The van der Waals surface area contributed by atoms with Crippen LogP contribution in [0.25, 0.3) is 0 Å². The maximum absolute atomic E-state index is 13.1. The van der Waals surface area contributed by atoms with Crippen molar-refractivity contribution in [1.82, 2.24) is 15.1 Å². The van der Waals surface area contributed by atoms with E-state index < -0.39 is 21.9 Å². The molecule has 0 unspecified atom stereocenters. The number of hydrogen-bond donors (Lipinski definition) is 1. The SMILES string of the molecule is C[C@@H](C(=O)NCCCN1CCN(C)CC1)N(c1ccc(F)cc1)S(C)(=O)=O. The maximum Gasteiger partial charge on any atom is 0.243 e. The molecule has 2 rings (SSSR count). The zero-order chi connectivity index (χ0) is 20.0. The van der Waals surface area contributed by atoms with Crippen LogP contribution in [0.1, 0.15) is 13.3 Å². The lowest BCUT2D eigenvalue weighted by Gasteiger charge is -2.32. The van der Waals surface area contributed by atoms with Crippen LogP contribution in [0.3, 0.4) is 0 Å². The molecular formula is C18H29FN4O3S. The van der Waals surface area contributed by atoms with Crippen LogP contribution in [0.2, 0.25) is 0 Å². The van der Waals surface area contributed by atoms with Crippen LogP contribution in [0.5, 0.6) is 0 Å². The summed E-state index contributed by atoms with van der Waals surface area (Å²) in [5, 5.41) is 2.81. The Balaban J connectivity index is 1.88. The van der Waals surface area contributed by atoms with Gasteiger partial charge in [-0.15, -0.1) is 0 Å². The van der Waals surface area contributed by atoms with Gasteiger partial charge in [-0.05, 0) is 51.2 Å². The van der Waals surface area contributed by atoms with Crippen LogP contribution in [0.15, 0.2) is 24.3 Å². The average Bonchev–Trinajstić information content (AvgIpc) is 2.60. The smallest absolute Gasteiger partial charge is 0.243 e.